The van der Waals surface area contributed by atoms with Gasteiger partial charge in [-0.3, -0.25) is 0 Å². The predicted octanol–water partition coefficient (Wildman–Crippen LogP) is 4.45. The Morgan fingerprint density at radius 2 is 2.05 bits per heavy atom. The molecular formula is C14H11BrCl2N4. The van der Waals surface area contributed by atoms with Crippen LogP contribution in [0.15, 0.2) is 41.0 Å². The van der Waals surface area contributed by atoms with Gasteiger partial charge in [-0.05, 0) is 52.2 Å². The minimum Gasteiger partial charge on any atom is -0.353 e. The Hall–Kier alpha value is -1.30. The van der Waals surface area contributed by atoms with Crippen molar-refractivity contribution in [2.45, 2.75) is 6.42 Å². The number of hydrogen-bond donors (Lipinski definition) is 1. The van der Waals surface area contributed by atoms with Crippen LogP contribution in [0.4, 0.5) is 5.95 Å². The van der Waals surface area contributed by atoms with Crippen LogP contribution in [0.1, 0.15) is 5.56 Å². The molecule has 0 aliphatic carbocycles. The van der Waals surface area contributed by atoms with Gasteiger partial charge in [0.1, 0.15) is 0 Å². The van der Waals surface area contributed by atoms with Crippen LogP contribution in [-0.2, 0) is 6.42 Å². The monoisotopic (exact) mass is 384 g/mol. The zero-order chi connectivity index (χ0) is 14.8. The quantitative estimate of drug-likeness (QED) is 0.721. The molecule has 2 aromatic heterocycles. The molecule has 0 unspecified atom stereocenters. The molecule has 0 atom stereocenters. The van der Waals surface area contributed by atoms with Gasteiger partial charge >= 0.3 is 0 Å². The molecule has 21 heavy (non-hydrogen) atoms. The van der Waals surface area contributed by atoms with Crippen LogP contribution in [0.3, 0.4) is 0 Å². The predicted molar refractivity (Wildman–Crippen MR) is 89.3 cm³/mol. The largest absolute Gasteiger partial charge is 0.353 e. The summed E-state index contributed by atoms with van der Waals surface area (Å²) >= 11 is 15.4. The minimum absolute atomic E-state index is 0.596. The van der Waals surface area contributed by atoms with Crippen molar-refractivity contribution in [3.05, 3.63) is 56.6 Å². The molecule has 108 valence electrons. The topological polar surface area (TPSA) is 42.2 Å². The average Bonchev–Trinajstić information content (AvgIpc) is 2.83. The summed E-state index contributed by atoms with van der Waals surface area (Å²) < 4.78 is 2.68. The fourth-order valence-electron chi connectivity index (χ4n) is 1.97. The summed E-state index contributed by atoms with van der Waals surface area (Å²) in [5, 5.41) is 8.87. The van der Waals surface area contributed by atoms with Crippen LogP contribution in [0.2, 0.25) is 10.0 Å². The molecule has 7 heteroatoms. The van der Waals surface area contributed by atoms with E-state index in [1.807, 2.05) is 30.5 Å². The van der Waals surface area contributed by atoms with Crippen molar-refractivity contribution < 1.29 is 0 Å². The van der Waals surface area contributed by atoms with E-state index >= 15 is 0 Å². The molecule has 0 aliphatic rings. The first kappa shape index (κ1) is 14.6. The van der Waals surface area contributed by atoms with Gasteiger partial charge in [0, 0.05) is 27.3 Å². The second-order valence-corrected chi connectivity index (χ2v) is 6.26. The Morgan fingerprint density at radius 1 is 1.19 bits per heavy atom. The Kier molecular flexibility index (Phi) is 4.33. The van der Waals surface area contributed by atoms with E-state index in [0.717, 1.165) is 22.1 Å². The standard InChI is InChI=1S/C14H11BrCl2N4/c15-10-2-4-13-19-14(20-21(13)8-10)18-6-5-9-1-3-11(16)7-12(9)17/h1-4,7-8H,5-6H2,(H,18,20). The third kappa shape index (κ3) is 3.48. The normalized spacial score (nSPS) is 11.0. The number of fused-ring (bicyclic) bond motifs is 1. The minimum atomic E-state index is 0.596. The molecule has 3 aromatic rings. The van der Waals surface area contributed by atoms with Gasteiger partial charge in [0.25, 0.3) is 0 Å². The van der Waals surface area contributed by atoms with Crippen LogP contribution in [-0.4, -0.2) is 21.1 Å². The highest BCUT2D eigenvalue weighted by Gasteiger charge is 2.05. The molecule has 3 rings (SSSR count). The van der Waals surface area contributed by atoms with Crippen molar-refractivity contribution >= 4 is 50.7 Å². The zero-order valence-electron chi connectivity index (χ0n) is 10.9. The summed E-state index contributed by atoms with van der Waals surface area (Å²) in [6.07, 6.45) is 2.64. The van der Waals surface area contributed by atoms with Gasteiger partial charge in [-0.25, -0.2) is 4.52 Å². The number of benzene rings is 1. The molecule has 0 bridgehead atoms. The molecule has 0 amide bonds. The second-order valence-electron chi connectivity index (χ2n) is 4.50. The first-order chi connectivity index (χ1) is 10.1. The maximum absolute atomic E-state index is 6.14. The molecule has 0 radical (unpaired) electrons. The highest BCUT2D eigenvalue weighted by atomic mass is 79.9. The van der Waals surface area contributed by atoms with Crippen LogP contribution >= 0.6 is 39.1 Å². The molecule has 1 aromatic carbocycles. The van der Waals surface area contributed by atoms with Gasteiger partial charge in [-0.15, -0.1) is 5.10 Å². The van der Waals surface area contributed by atoms with E-state index < -0.39 is 0 Å². The fourth-order valence-corrected chi connectivity index (χ4v) is 2.80. The summed E-state index contributed by atoms with van der Waals surface area (Å²) in [6, 6.07) is 9.35. The lowest BCUT2D eigenvalue weighted by Gasteiger charge is -2.05. The molecule has 4 nitrogen and oxygen atoms in total. The lowest BCUT2D eigenvalue weighted by molar-refractivity contribution is 0.934. The van der Waals surface area contributed by atoms with Crippen molar-refractivity contribution in [3.63, 3.8) is 0 Å². The van der Waals surface area contributed by atoms with Crippen molar-refractivity contribution in [3.8, 4) is 0 Å². The van der Waals surface area contributed by atoms with E-state index in [1.165, 1.54) is 0 Å². The lowest BCUT2D eigenvalue weighted by atomic mass is 10.1. The van der Waals surface area contributed by atoms with E-state index in [2.05, 4.69) is 31.3 Å². The summed E-state index contributed by atoms with van der Waals surface area (Å²) in [7, 11) is 0. The van der Waals surface area contributed by atoms with E-state index in [0.29, 0.717) is 22.5 Å². The van der Waals surface area contributed by atoms with Gasteiger partial charge in [0.15, 0.2) is 5.65 Å². The van der Waals surface area contributed by atoms with Crippen molar-refractivity contribution in [2.24, 2.45) is 0 Å². The number of rotatable bonds is 4. The first-order valence-corrected chi connectivity index (χ1v) is 7.86. The Morgan fingerprint density at radius 3 is 2.86 bits per heavy atom. The summed E-state index contributed by atoms with van der Waals surface area (Å²) in [5.41, 5.74) is 1.84. The van der Waals surface area contributed by atoms with Gasteiger partial charge in [-0.1, -0.05) is 29.3 Å². The van der Waals surface area contributed by atoms with E-state index in [-0.39, 0.29) is 0 Å². The molecule has 0 aliphatic heterocycles. The van der Waals surface area contributed by atoms with Gasteiger partial charge in [0.2, 0.25) is 5.95 Å². The lowest BCUT2D eigenvalue weighted by Crippen LogP contribution is -2.06. The summed E-state index contributed by atoms with van der Waals surface area (Å²) in [6.45, 7) is 0.694. The van der Waals surface area contributed by atoms with Crippen molar-refractivity contribution in [1.82, 2.24) is 14.6 Å². The highest BCUT2D eigenvalue weighted by Crippen LogP contribution is 2.21. The molecule has 0 fully saturated rings. The van der Waals surface area contributed by atoms with Crippen LogP contribution in [0.25, 0.3) is 5.65 Å². The summed E-state index contributed by atoms with van der Waals surface area (Å²) in [4.78, 5) is 4.39. The van der Waals surface area contributed by atoms with Crippen molar-refractivity contribution in [2.75, 3.05) is 11.9 Å². The molecule has 0 spiro atoms. The molecule has 1 N–H and O–H groups in total. The third-order valence-electron chi connectivity index (χ3n) is 2.99. The SMILES string of the molecule is Clc1ccc(CCNc2nc3ccc(Br)cn3n2)c(Cl)c1. The van der Waals surface area contributed by atoms with Crippen LogP contribution < -0.4 is 5.32 Å². The molecular weight excluding hydrogens is 375 g/mol. The Bertz CT molecular complexity index is 788. The Balaban J connectivity index is 1.66. The number of nitrogens with zero attached hydrogens (tertiary/aromatic N) is 3. The van der Waals surface area contributed by atoms with Crippen LogP contribution in [0.5, 0.6) is 0 Å². The number of halogens is 3. The highest BCUT2D eigenvalue weighted by molar-refractivity contribution is 9.10. The smallest absolute Gasteiger partial charge is 0.243 e. The third-order valence-corrected chi connectivity index (χ3v) is 4.04. The van der Waals surface area contributed by atoms with Gasteiger partial charge < -0.3 is 5.32 Å². The summed E-state index contributed by atoms with van der Waals surface area (Å²) in [5.74, 6) is 0.596. The number of anilines is 1. The second kappa shape index (κ2) is 6.22. The van der Waals surface area contributed by atoms with Crippen LogP contribution in [0, 0.1) is 0 Å². The number of nitrogens with one attached hydrogen (secondary N) is 1. The number of hydrogen-bond acceptors (Lipinski definition) is 3. The van der Waals surface area contributed by atoms with E-state index in [9.17, 15) is 0 Å². The maximum Gasteiger partial charge on any atom is 0.243 e. The molecule has 0 saturated heterocycles. The average molecular weight is 386 g/mol. The fraction of sp³-hybridized carbons (Fsp3) is 0.143. The molecule has 0 saturated carbocycles. The zero-order valence-corrected chi connectivity index (χ0v) is 14.0. The van der Waals surface area contributed by atoms with Gasteiger partial charge in [0.05, 0.1) is 0 Å². The number of aromatic nitrogens is 3. The van der Waals surface area contributed by atoms with Gasteiger partial charge in [-0.2, -0.15) is 4.98 Å². The maximum atomic E-state index is 6.14. The van der Waals surface area contributed by atoms with E-state index in [1.54, 1.807) is 10.6 Å². The number of pyridine rings is 1. The Labute approximate surface area is 140 Å². The van der Waals surface area contributed by atoms with E-state index in [4.69, 9.17) is 23.2 Å². The first-order valence-electron chi connectivity index (χ1n) is 6.31. The molecule has 2 heterocycles. The van der Waals surface area contributed by atoms with Crippen molar-refractivity contribution in [1.29, 1.82) is 0 Å².